The fraction of sp³-hybridized carbons (Fsp3) is 0.500. The number of methoxy groups -OCH3 is 1. The highest BCUT2D eigenvalue weighted by atomic mass is 16.5. The Morgan fingerprint density at radius 2 is 1.57 bits per heavy atom. The molecule has 1 nitrogen and oxygen atoms in total. The van der Waals surface area contributed by atoms with Crippen LogP contribution in [0.5, 0.6) is 5.75 Å². The van der Waals surface area contributed by atoms with Gasteiger partial charge in [-0.25, -0.2) is 0 Å². The van der Waals surface area contributed by atoms with E-state index in [-0.39, 0.29) is 10.8 Å². The van der Waals surface area contributed by atoms with Gasteiger partial charge >= 0.3 is 0 Å². The minimum Gasteiger partial charge on any atom is -0.496 e. The summed E-state index contributed by atoms with van der Waals surface area (Å²) in [6, 6.07) is 8.38. The predicted molar refractivity (Wildman–Crippen MR) is 91.5 cm³/mol. The zero-order valence-electron chi connectivity index (χ0n) is 14.4. The van der Waals surface area contributed by atoms with Gasteiger partial charge in [0.1, 0.15) is 5.75 Å². The molecule has 0 saturated carbocycles. The van der Waals surface area contributed by atoms with Crippen LogP contribution in [0.3, 0.4) is 0 Å². The summed E-state index contributed by atoms with van der Waals surface area (Å²) in [5, 5.41) is 0. The SMILES string of the molecule is COc1ccccc1C1=C(C(C)(C)C)C=CC1C(C)(C)C. The molecule has 0 aliphatic heterocycles. The highest BCUT2D eigenvalue weighted by Gasteiger charge is 2.35. The lowest BCUT2D eigenvalue weighted by Crippen LogP contribution is -2.20. The maximum absolute atomic E-state index is 5.62. The molecule has 2 rings (SSSR count). The van der Waals surface area contributed by atoms with Crippen LogP contribution < -0.4 is 4.74 Å². The lowest BCUT2D eigenvalue weighted by Gasteiger charge is -2.32. The van der Waals surface area contributed by atoms with Crippen molar-refractivity contribution in [2.45, 2.75) is 41.5 Å². The monoisotopic (exact) mass is 284 g/mol. The maximum Gasteiger partial charge on any atom is 0.126 e. The van der Waals surface area contributed by atoms with Crippen LogP contribution in [0.2, 0.25) is 0 Å². The molecule has 1 aromatic carbocycles. The summed E-state index contributed by atoms with van der Waals surface area (Å²) in [5.41, 5.74) is 4.40. The summed E-state index contributed by atoms with van der Waals surface area (Å²) < 4.78 is 5.62. The van der Waals surface area contributed by atoms with Crippen molar-refractivity contribution in [1.29, 1.82) is 0 Å². The largest absolute Gasteiger partial charge is 0.496 e. The van der Waals surface area contributed by atoms with Crippen LogP contribution in [0, 0.1) is 16.7 Å². The van der Waals surface area contributed by atoms with Gasteiger partial charge in [0.2, 0.25) is 0 Å². The van der Waals surface area contributed by atoms with E-state index in [2.05, 4.69) is 71.9 Å². The van der Waals surface area contributed by atoms with Gasteiger partial charge in [0.05, 0.1) is 7.11 Å². The van der Waals surface area contributed by atoms with Gasteiger partial charge in [-0.05, 0) is 28.0 Å². The van der Waals surface area contributed by atoms with Crippen LogP contribution in [0.1, 0.15) is 47.1 Å². The average molecular weight is 284 g/mol. The number of rotatable bonds is 2. The summed E-state index contributed by atoms with van der Waals surface area (Å²) >= 11 is 0. The molecule has 1 aliphatic rings. The van der Waals surface area contributed by atoms with Gasteiger partial charge < -0.3 is 4.74 Å². The van der Waals surface area contributed by atoms with E-state index in [0.29, 0.717) is 5.92 Å². The number of benzene rings is 1. The van der Waals surface area contributed by atoms with E-state index in [4.69, 9.17) is 4.74 Å². The van der Waals surface area contributed by atoms with Crippen molar-refractivity contribution in [2.75, 3.05) is 7.11 Å². The highest BCUT2D eigenvalue weighted by Crippen LogP contribution is 2.50. The molecular formula is C20H28O. The molecule has 21 heavy (non-hydrogen) atoms. The third-order valence-electron chi connectivity index (χ3n) is 4.19. The average Bonchev–Trinajstić information content (AvgIpc) is 2.82. The van der Waals surface area contributed by atoms with Crippen LogP contribution in [-0.2, 0) is 0 Å². The van der Waals surface area contributed by atoms with E-state index in [1.165, 1.54) is 16.7 Å². The minimum atomic E-state index is 0.132. The minimum absolute atomic E-state index is 0.132. The standard InChI is InChI=1S/C20H28O/c1-19(2,3)15-12-13-16(20(4,5)6)18(15)14-10-8-9-11-17(14)21-7/h8-13,15H,1-7H3. The van der Waals surface area contributed by atoms with Crippen molar-refractivity contribution in [3.63, 3.8) is 0 Å². The summed E-state index contributed by atoms with van der Waals surface area (Å²) in [7, 11) is 1.75. The van der Waals surface area contributed by atoms with E-state index in [1.54, 1.807) is 7.11 Å². The molecule has 1 atom stereocenters. The molecule has 0 aromatic heterocycles. The fourth-order valence-corrected chi connectivity index (χ4v) is 3.10. The van der Waals surface area contributed by atoms with Crippen molar-refractivity contribution in [1.82, 2.24) is 0 Å². The lowest BCUT2D eigenvalue weighted by molar-refractivity contribution is 0.351. The number of para-hydroxylation sites is 1. The second kappa shape index (κ2) is 5.36. The van der Waals surface area contributed by atoms with E-state index >= 15 is 0 Å². The zero-order chi connectivity index (χ0) is 15.8. The van der Waals surface area contributed by atoms with E-state index < -0.39 is 0 Å². The molecule has 114 valence electrons. The van der Waals surface area contributed by atoms with Gasteiger partial charge in [-0.1, -0.05) is 71.9 Å². The Balaban J connectivity index is 2.68. The first-order valence-corrected chi connectivity index (χ1v) is 7.72. The molecule has 0 spiro atoms. The Labute approximate surface area is 129 Å². The summed E-state index contributed by atoms with van der Waals surface area (Å²) in [6.45, 7) is 13.8. The van der Waals surface area contributed by atoms with Crippen molar-refractivity contribution in [3.05, 3.63) is 47.6 Å². The molecule has 0 saturated heterocycles. The Bertz CT molecular complexity index is 577. The Kier molecular flexibility index (Phi) is 4.06. The van der Waals surface area contributed by atoms with Gasteiger partial charge in [-0.3, -0.25) is 0 Å². The van der Waals surface area contributed by atoms with Crippen molar-refractivity contribution >= 4 is 5.57 Å². The predicted octanol–water partition coefficient (Wildman–Crippen LogP) is 5.73. The van der Waals surface area contributed by atoms with Gasteiger partial charge in [0, 0.05) is 11.5 Å². The molecule has 0 N–H and O–H groups in total. The molecule has 1 aliphatic carbocycles. The van der Waals surface area contributed by atoms with Crippen LogP contribution in [-0.4, -0.2) is 7.11 Å². The summed E-state index contributed by atoms with van der Waals surface area (Å²) in [5.74, 6) is 1.38. The molecule has 0 heterocycles. The third kappa shape index (κ3) is 3.07. The molecule has 1 aromatic rings. The third-order valence-corrected chi connectivity index (χ3v) is 4.19. The normalized spacial score (nSPS) is 19.3. The molecule has 0 amide bonds. The Morgan fingerprint density at radius 3 is 2.10 bits per heavy atom. The number of hydrogen-bond acceptors (Lipinski definition) is 1. The number of allylic oxidation sites excluding steroid dienone is 4. The first kappa shape index (κ1) is 15.9. The van der Waals surface area contributed by atoms with Crippen LogP contribution in [0.25, 0.3) is 5.57 Å². The first-order valence-electron chi connectivity index (χ1n) is 7.72. The van der Waals surface area contributed by atoms with Crippen molar-refractivity contribution < 1.29 is 4.74 Å². The van der Waals surface area contributed by atoms with Crippen molar-refractivity contribution in [3.8, 4) is 5.75 Å². The highest BCUT2D eigenvalue weighted by molar-refractivity contribution is 5.81. The molecule has 0 radical (unpaired) electrons. The van der Waals surface area contributed by atoms with Crippen LogP contribution in [0.15, 0.2) is 42.0 Å². The van der Waals surface area contributed by atoms with Crippen molar-refractivity contribution in [2.24, 2.45) is 16.7 Å². The number of hydrogen-bond donors (Lipinski definition) is 0. The van der Waals surface area contributed by atoms with Gasteiger partial charge in [0.15, 0.2) is 0 Å². The maximum atomic E-state index is 5.62. The van der Waals surface area contributed by atoms with Crippen LogP contribution >= 0.6 is 0 Å². The van der Waals surface area contributed by atoms with Crippen LogP contribution in [0.4, 0.5) is 0 Å². The number of ether oxygens (including phenoxy) is 1. The second-order valence-electron chi connectivity index (χ2n) is 7.98. The molecule has 0 fully saturated rings. The lowest BCUT2D eigenvalue weighted by atomic mass is 9.73. The summed E-state index contributed by atoms with van der Waals surface area (Å²) in [4.78, 5) is 0. The van der Waals surface area contributed by atoms with Gasteiger partial charge in [-0.15, -0.1) is 0 Å². The zero-order valence-corrected chi connectivity index (χ0v) is 14.4. The van der Waals surface area contributed by atoms with Gasteiger partial charge in [-0.2, -0.15) is 0 Å². The molecule has 1 unspecified atom stereocenters. The van der Waals surface area contributed by atoms with E-state index in [1.807, 2.05) is 6.07 Å². The quantitative estimate of drug-likeness (QED) is 0.674. The summed E-state index contributed by atoms with van der Waals surface area (Å²) in [6.07, 6.45) is 4.68. The topological polar surface area (TPSA) is 9.23 Å². The molecular weight excluding hydrogens is 256 g/mol. The van der Waals surface area contributed by atoms with E-state index in [0.717, 1.165) is 5.75 Å². The molecule has 1 heteroatoms. The Hall–Kier alpha value is -1.50. The van der Waals surface area contributed by atoms with E-state index in [9.17, 15) is 0 Å². The smallest absolute Gasteiger partial charge is 0.126 e. The second-order valence-corrected chi connectivity index (χ2v) is 7.98. The Morgan fingerprint density at radius 1 is 0.952 bits per heavy atom. The first-order chi connectivity index (χ1) is 9.66. The fourth-order valence-electron chi connectivity index (χ4n) is 3.10. The van der Waals surface area contributed by atoms with Gasteiger partial charge in [0.25, 0.3) is 0 Å². The molecule has 0 bridgehead atoms.